The Morgan fingerprint density at radius 1 is 1.30 bits per heavy atom. The Bertz CT molecular complexity index is 623. The summed E-state index contributed by atoms with van der Waals surface area (Å²) in [6.07, 6.45) is 4.42. The third-order valence-electron chi connectivity index (χ3n) is 3.49. The second kappa shape index (κ2) is 8.73. The van der Waals surface area contributed by atoms with Gasteiger partial charge in [0.15, 0.2) is 10.8 Å². The number of nitrogens with zero attached hydrogens (tertiary/aromatic N) is 4. The van der Waals surface area contributed by atoms with Crippen molar-refractivity contribution in [3.63, 3.8) is 0 Å². The summed E-state index contributed by atoms with van der Waals surface area (Å²) < 4.78 is 1.10. The summed E-state index contributed by atoms with van der Waals surface area (Å²) in [5, 5.41) is 11.3. The van der Waals surface area contributed by atoms with E-state index >= 15 is 0 Å². The van der Waals surface area contributed by atoms with Crippen LogP contribution in [0.25, 0.3) is 10.3 Å². The number of fused-ring (bicyclic) bond motifs is 1. The lowest BCUT2D eigenvalue weighted by atomic mass is 10.4. The number of hydrogen-bond acceptors (Lipinski definition) is 7. The van der Waals surface area contributed by atoms with Gasteiger partial charge in [0.1, 0.15) is 5.82 Å². The van der Waals surface area contributed by atoms with Gasteiger partial charge in [0.05, 0.1) is 10.9 Å². The van der Waals surface area contributed by atoms with Crippen LogP contribution in [0.1, 0.15) is 38.4 Å². The SMILES string of the molecule is CC.O=CO.c1nc(C2CC2)nc2nc(N3CCNCC3)sc12. The topological polar surface area (TPSA) is 91.2 Å². The number of piperazine rings is 1. The Kier molecular flexibility index (Phi) is 6.66. The van der Waals surface area contributed by atoms with Gasteiger partial charge in [-0.2, -0.15) is 4.98 Å². The molecule has 0 atom stereocenters. The summed E-state index contributed by atoms with van der Waals surface area (Å²) >= 11 is 1.71. The van der Waals surface area contributed by atoms with Crippen LogP contribution < -0.4 is 10.2 Å². The standard InChI is InChI=1S/C12H15N5S.C2H6.CH2O2/c1-2-8(1)10-14-7-9-11(15-10)16-12(18-9)17-5-3-13-4-6-17;1-2;2-1-3/h7-8,13H,1-6H2;1-2H3;1H,(H,2,3). The lowest BCUT2D eigenvalue weighted by Gasteiger charge is -2.26. The second-order valence-corrected chi connectivity index (χ2v) is 6.04. The summed E-state index contributed by atoms with van der Waals surface area (Å²) in [6, 6.07) is 0. The number of nitrogens with one attached hydrogen (secondary N) is 1. The molecule has 0 amide bonds. The number of aromatic nitrogens is 3. The van der Waals surface area contributed by atoms with Crippen molar-refractivity contribution in [1.29, 1.82) is 0 Å². The molecule has 0 aromatic carbocycles. The van der Waals surface area contributed by atoms with E-state index in [1.807, 2.05) is 20.0 Å². The van der Waals surface area contributed by atoms with Gasteiger partial charge < -0.3 is 15.3 Å². The van der Waals surface area contributed by atoms with Crippen LogP contribution in [0.2, 0.25) is 0 Å². The first-order valence-electron chi connectivity index (χ1n) is 7.99. The predicted molar refractivity (Wildman–Crippen MR) is 92.3 cm³/mol. The smallest absolute Gasteiger partial charge is 0.290 e. The molecule has 7 nitrogen and oxygen atoms in total. The minimum Gasteiger partial charge on any atom is -0.483 e. The molecule has 2 fully saturated rings. The highest BCUT2D eigenvalue weighted by Gasteiger charge is 2.27. The molecule has 2 aromatic heterocycles. The summed E-state index contributed by atoms with van der Waals surface area (Å²) in [5.41, 5.74) is 0.880. The molecule has 0 spiro atoms. The van der Waals surface area contributed by atoms with E-state index in [1.54, 1.807) is 11.3 Å². The third-order valence-corrected chi connectivity index (χ3v) is 4.53. The number of rotatable bonds is 2. The number of thiazole rings is 1. The highest BCUT2D eigenvalue weighted by Crippen LogP contribution is 2.38. The van der Waals surface area contributed by atoms with E-state index in [0.717, 1.165) is 47.5 Å². The van der Waals surface area contributed by atoms with Gasteiger partial charge >= 0.3 is 0 Å². The Labute approximate surface area is 139 Å². The van der Waals surface area contributed by atoms with Crippen LogP contribution in [-0.4, -0.2) is 52.7 Å². The first kappa shape index (κ1) is 17.6. The number of carbonyl (C=O) groups is 1. The van der Waals surface area contributed by atoms with Crippen molar-refractivity contribution in [2.24, 2.45) is 0 Å². The Morgan fingerprint density at radius 2 is 1.96 bits per heavy atom. The average Bonchev–Trinajstić information content (AvgIpc) is 3.37. The normalized spacial score (nSPS) is 16.9. The van der Waals surface area contributed by atoms with E-state index in [4.69, 9.17) is 9.90 Å². The van der Waals surface area contributed by atoms with Crippen molar-refractivity contribution in [2.75, 3.05) is 31.1 Å². The molecule has 2 aliphatic rings. The van der Waals surface area contributed by atoms with Gasteiger partial charge in [-0.15, -0.1) is 0 Å². The zero-order valence-corrected chi connectivity index (χ0v) is 14.3. The first-order chi connectivity index (χ1) is 11.3. The van der Waals surface area contributed by atoms with E-state index in [1.165, 1.54) is 12.8 Å². The largest absolute Gasteiger partial charge is 0.483 e. The van der Waals surface area contributed by atoms with E-state index < -0.39 is 0 Å². The maximum absolute atomic E-state index is 8.36. The van der Waals surface area contributed by atoms with Gasteiger partial charge in [-0.3, -0.25) is 4.79 Å². The molecule has 126 valence electrons. The quantitative estimate of drug-likeness (QED) is 0.811. The molecule has 1 aliphatic carbocycles. The molecular formula is C15H23N5O2S. The average molecular weight is 337 g/mol. The fourth-order valence-electron chi connectivity index (χ4n) is 2.27. The lowest BCUT2D eigenvalue weighted by molar-refractivity contribution is -0.122. The van der Waals surface area contributed by atoms with Crippen molar-refractivity contribution >= 4 is 33.3 Å². The van der Waals surface area contributed by atoms with Crippen LogP contribution in [0.3, 0.4) is 0 Å². The molecule has 1 saturated carbocycles. The van der Waals surface area contributed by atoms with Crippen LogP contribution in [-0.2, 0) is 4.79 Å². The summed E-state index contributed by atoms with van der Waals surface area (Å²) in [4.78, 5) is 24.4. The van der Waals surface area contributed by atoms with Gasteiger partial charge in [-0.05, 0) is 12.8 Å². The van der Waals surface area contributed by atoms with Crippen LogP contribution in [0.5, 0.6) is 0 Å². The van der Waals surface area contributed by atoms with Crippen LogP contribution >= 0.6 is 11.3 Å². The van der Waals surface area contributed by atoms with Crippen molar-refractivity contribution < 1.29 is 9.90 Å². The molecule has 4 rings (SSSR count). The van der Waals surface area contributed by atoms with E-state index in [0.29, 0.717) is 5.92 Å². The van der Waals surface area contributed by atoms with Gasteiger partial charge in [0.25, 0.3) is 6.47 Å². The van der Waals surface area contributed by atoms with Crippen LogP contribution in [0.4, 0.5) is 5.13 Å². The van der Waals surface area contributed by atoms with Gasteiger partial charge in [0, 0.05) is 32.1 Å². The fourth-order valence-corrected chi connectivity index (χ4v) is 3.20. The molecule has 0 radical (unpaired) electrons. The molecule has 3 heterocycles. The van der Waals surface area contributed by atoms with Gasteiger partial charge in [0.2, 0.25) is 0 Å². The molecular weight excluding hydrogens is 314 g/mol. The van der Waals surface area contributed by atoms with Crippen molar-refractivity contribution in [3.8, 4) is 0 Å². The van der Waals surface area contributed by atoms with Gasteiger partial charge in [-0.1, -0.05) is 25.2 Å². The van der Waals surface area contributed by atoms with Crippen molar-refractivity contribution in [2.45, 2.75) is 32.6 Å². The zero-order valence-electron chi connectivity index (χ0n) is 13.5. The highest BCUT2D eigenvalue weighted by molar-refractivity contribution is 7.22. The summed E-state index contributed by atoms with van der Waals surface area (Å²) in [5.74, 6) is 1.58. The first-order valence-corrected chi connectivity index (χ1v) is 8.80. The molecule has 2 aromatic rings. The summed E-state index contributed by atoms with van der Waals surface area (Å²) in [7, 11) is 0. The molecule has 1 aliphatic heterocycles. The van der Waals surface area contributed by atoms with Crippen LogP contribution in [0.15, 0.2) is 6.20 Å². The minimum atomic E-state index is -0.250. The second-order valence-electron chi connectivity index (χ2n) is 5.03. The van der Waals surface area contributed by atoms with E-state index in [2.05, 4.69) is 25.2 Å². The number of anilines is 1. The highest BCUT2D eigenvalue weighted by atomic mass is 32.1. The lowest BCUT2D eigenvalue weighted by Crippen LogP contribution is -2.43. The van der Waals surface area contributed by atoms with E-state index in [9.17, 15) is 0 Å². The number of carboxylic acid groups (broad SMARTS) is 1. The molecule has 1 saturated heterocycles. The van der Waals surface area contributed by atoms with Crippen LogP contribution in [0, 0.1) is 0 Å². The zero-order chi connectivity index (χ0) is 16.7. The Morgan fingerprint density at radius 3 is 2.57 bits per heavy atom. The number of hydrogen-bond donors (Lipinski definition) is 2. The molecule has 0 unspecified atom stereocenters. The van der Waals surface area contributed by atoms with Crippen molar-refractivity contribution in [3.05, 3.63) is 12.0 Å². The minimum absolute atomic E-state index is 0.250. The Hall–Kier alpha value is -1.80. The van der Waals surface area contributed by atoms with E-state index in [-0.39, 0.29) is 6.47 Å². The molecule has 2 N–H and O–H groups in total. The maximum Gasteiger partial charge on any atom is 0.290 e. The van der Waals surface area contributed by atoms with Crippen molar-refractivity contribution in [1.82, 2.24) is 20.3 Å². The molecule has 0 bridgehead atoms. The maximum atomic E-state index is 8.36. The monoisotopic (exact) mass is 337 g/mol. The molecule has 23 heavy (non-hydrogen) atoms. The fraction of sp³-hybridized carbons (Fsp3) is 0.600. The third kappa shape index (κ3) is 4.59. The molecule has 8 heteroatoms. The predicted octanol–water partition coefficient (Wildman–Crippen LogP) is 2.10. The summed E-state index contributed by atoms with van der Waals surface area (Å²) in [6.45, 7) is 7.88. The Balaban J connectivity index is 0.000000348. The van der Waals surface area contributed by atoms with Gasteiger partial charge in [-0.25, -0.2) is 9.97 Å².